The number of rotatable bonds is 22. The summed E-state index contributed by atoms with van der Waals surface area (Å²) in [6.07, 6.45) is 27.7. The summed E-state index contributed by atoms with van der Waals surface area (Å²) >= 11 is 0. The van der Waals surface area contributed by atoms with E-state index in [1.807, 2.05) is 12.4 Å². The summed E-state index contributed by atoms with van der Waals surface area (Å²) in [5.41, 5.74) is 2.49. The molecule has 0 spiro atoms. The van der Waals surface area contributed by atoms with Crippen LogP contribution >= 0.6 is 0 Å². The third-order valence-corrected chi connectivity index (χ3v) is 7.10. The van der Waals surface area contributed by atoms with Crippen molar-refractivity contribution in [2.45, 2.75) is 136 Å². The Bertz CT molecular complexity index is 754. The molecule has 0 aliphatic heterocycles. The summed E-state index contributed by atoms with van der Waals surface area (Å²) in [5, 5.41) is 0. The monoisotopic (exact) mass is 494 g/mol. The van der Waals surface area contributed by atoms with Gasteiger partial charge in [-0.15, -0.1) is 0 Å². The Balaban J connectivity index is 1.54. The van der Waals surface area contributed by atoms with Crippen LogP contribution in [0.4, 0.5) is 0 Å². The second kappa shape index (κ2) is 20.2. The van der Waals surface area contributed by atoms with Crippen molar-refractivity contribution in [1.82, 2.24) is 9.97 Å². The van der Waals surface area contributed by atoms with E-state index in [0.717, 1.165) is 36.1 Å². The van der Waals surface area contributed by atoms with E-state index in [1.165, 1.54) is 115 Å². The minimum absolute atomic E-state index is 0.756. The molecule has 0 saturated carbocycles. The Morgan fingerprint density at radius 3 is 1.75 bits per heavy atom. The van der Waals surface area contributed by atoms with Crippen molar-refractivity contribution in [2.75, 3.05) is 6.61 Å². The largest absolute Gasteiger partial charge is 0.490 e. The maximum absolute atomic E-state index is 5.86. The number of aryl methyl sites for hydroxylation is 1. The normalized spacial score (nSPS) is 11.3. The van der Waals surface area contributed by atoms with Crippen LogP contribution in [-0.2, 0) is 6.42 Å². The molecule has 202 valence electrons. The van der Waals surface area contributed by atoms with E-state index in [-0.39, 0.29) is 0 Å². The van der Waals surface area contributed by atoms with Gasteiger partial charge in [0.15, 0.2) is 11.6 Å². The molecule has 1 aromatic carbocycles. The number of unbranched alkanes of at least 4 members (excludes halogenated alkanes) is 14. The van der Waals surface area contributed by atoms with E-state index < -0.39 is 0 Å². The van der Waals surface area contributed by atoms with Gasteiger partial charge < -0.3 is 4.74 Å². The van der Waals surface area contributed by atoms with Crippen molar-refractivity contribution in [2.24, 2.45) is 5.92 Å². The fourth-order valence-corrected chi connectivity index (χ4v) is 4.73. The van der Waals surface area contributed by atoms with Gasteiger partial charge in [0.2, 0.25) is 0 Å². The third-order valence-electron chi connectivity index (χ3n) is 7.10. The van der Waals surface area contributed by atoms with Gasteiger partial charge in [0.25, 0.3) is 0 Å². The molecular formula is C33H54N2O. The lowest BCUT2D eigenvalue weighted by molar-refractivity contribution is 0.302. The van der Waals surface area contributed by atoms with Gasteiger partial charge in [-0.2, -0.15) is 0 Å². The lowest BCUT2D eigenvalue weighted by atomic mass is 10.0. The Labute approximate surface area is 222 Å². The van der Waals surface area contributed by atoms with Crippen LogP contribution in [0.5, 0.6) is 5.75 Å². The molecule has 0 saturated heterocycles. The quantitative estimate of drug-likeness (QED) is 0.153. The van der Waals surface area contributed by atoms with Gasteiger partial charge in [-0.05, 0) is 30.7 Å². The highest BCUT2D eigenvalue weighted by molar-refractivity contribution is 5.55. The molecule has 2 rings (SSSR count). The minimum atomic E-state index is 0.756. The summed E-state index contributed by atoms with van der Waals surface area (Å²) in [6.45, 7) is 7.67. The van der Waals surface area contributed by atoms with Crippen LogP contribution in [0.15, 0.2) is 36.7 Å². The number of nitrogens with zero attached hydrogens (tertiary/aromatic N) is 2. The van der Waals surface area contributed by atoms with E-state index in [2.05, 4.69) is 55.0 Å². The van der Waals surface area contributed by atoms with Crippen LogP contribution in [0.2, 0.25) is 0 Å². The molecule has 0 fully saturated rings. The van der Waals surface area contributed by atoms with Crippen LogP contribution in [0.25, 0.3) is 11.4 Å². The molecule has 36 heavy (non-hydrogen) atoms. The van der Waals surface area contributed by atoms with Crippen molar-refractivity contribution in [3.05, 3.63) is 42.2 Å². The predicted octanol–water partition coefficient (Wildman–Crippen LogP) is 10.4. The third kappa shape index (κ3) is 14.6. The lowest BCUT2D eigenvalue weighted by Crippen LogP contribution is -1.99. The standard InChI is InChI=1S/C33H54N2O/c1-4-5-6-7-8-9-10-13-16-19-26-36-32-27-34-33(35-28-32)31-24-22-30(23-25-31)21-18-15-12-11-14-17-20-29(2)3/h22-25,27-29H,4-21,26H2,1-3H3. The zero-order valence-corrected chi connectivity index (χ0v) is 23.8. The highest BCUT2D eigenvalue weighted by Gasteiger charge is 2.03. The summed E-state index contributed by atoms with van der Waals surface area (Å²) in [6, 6.07) is 8.77. The molecule has 1 heterocycles. The molecule has 0 N–H and O–H groups in total. The zero-order chi connectivity index (χ0) is 25.7. The van der Waals surface area contributed by atoms with Crippen molar-refractivity contribution >= 4 is 0 Å². The molecule has 0 unspecified atom stereocenters. The molecule has 0 bridgehead atoms. The number of benzene rings is 1. The Kier molecular flexibility index (Phi) is 17.0. The van der Waals surface area contributed by atoms with Gasteiger partial charge in [0.1, 0.15) is 0 Å². The number of ether oxygens (including phenoxy) is 1. The van der Waals surface area contributed by atoms with Gasteiger partial charge in [-0.3, -0.25) is 0 Å². The fraction of sp³-hybridized carbons (Fsp3) is 0.697. The van der Waals surface area contributed by atoms with E-state index >= 15 is 0 Å². The number of aromatic nitrogens is 2. The van der Waals surface area contributed by atoms with Crippen molar-refractivity contribution in [3.8, 4) is 17.1 Å². The predicted molar refractivity (Wildman–Crippen MR) is 156 cm³/mol. The summed E-state index contributed by atoms with van der Waals surface area (Å²) in [5.74, 6) is 2.40. The fourth-order valence-electron chi connectivity index (χ4n) is 4.73. The maximum Gasteiger partial charge on any atom is 0.159 e. The van der Waals surface area contributed by atoms with Crippen molar-refractivity contribution < 1.29 is 4.74 Å². The molecule has 1 aromatic heterocycles. The Morgan fingerprint density at radius 2 is 1.17 bits per heavy atom. The highest BCUT2D eigenvalue weighted by Crippen LogP contribution is 2.19. The van der Waals surface area contributed by atoms with Crippen LogP contribution in [-0.4, -0.2) is 16.6 Å². The first-order chi connectivity index (χ1) is 17.7. The SMILES string of the molecule is CCCCCCCCCCCCOc1cnc(-c2ccc(CCCCCCCCC(C)C)cc2)nc1. The molecule has 0 radical (unpaired) electrons. The first kappa shape index (κ1) is 30.3. The maximum atomic E-state index is 5.86. The van der Waals surface area contributed by atoms with E-state index in [1.54, 1.807) is 0 Å². The molecule has 0 atom stereocenters. The average Bonchev–Trinajstić information content (AvgIpc) is 2.89. The Morgan fingerprint density at radius 1 is 0.639 bits per heavy atom. The molecule has 2 aromatic rings. The van der Waals surface area contributed by atoms with Gasteiger partial charge in [0.05, 0.1) is 19.0 Å². The first-order valence-corrected chi connectivity index (χ1v) is 15.2. The second-order valence-corrected chi connectivity index (χ2v) is 11.0. The number of hydrogen-bond donors (Lipinski definition) is 0. The molecular weight excluding hydrogens is 440 g/mol. The molecule has 0 aliphatic rings. The second-order valence-electron chi connectivity index (χ2n) is 11.0. The molecule has 0 amide bonds. The van der Waals surface area contributed by atoms with E-state index in [9.17, 15) is 0 Å². The van der Waals surface area contributed by atoms with Crippen molar-refractivity contribution in [3.63, 3.8) is 0 Å². The smallest absolute Gasteiger partial charge is 0.159 e. The Hall–Kier alpha value is -1.90. The molecule has 3 heteroatoms. The molecule has 3 nitrogen and oxygen atoms in total. The van der Waals surface area contributed by atoms with Crippen LogP contribution in [0.3, 0.4) is 0 Å². The number of hydrogen-bond acceptors (Lipinski definition) is 3. The minimum Gasteiger partial charge on any atom is -0.490 e. The van der Waals surface area contributed by atoms with E-state index in [0.29, 0.717) is 0 Å². The topological polar surface area (TPSA) is 35.0 Å². The van der Waals surface area contributed by atoms with Crippen LogP contribution in [0, 0.1) is 5.92 Å². The average molecular weight is 495 g/mol. The van der Waals surface area contributed by atoms with Crippen LogP contribution in [0.1, 0.15) is 135 Å². The van der Waals surface area contributed by atoms with Gasteiger partial charge in [-0.1, -0.05) is 141 Å². The zero-order valence-electron chi connectivity index (χ0n) is 23.8. The van der Waals surface area contributed by atoms with Crippen molar-refractivity contribution in [1.29, 1.82) is 0 Å². The van der Waals surface area contributed by atoms with Gasteiger partial charge in [-0.25, -0.2) is 9.97 Å². The molecule has 0 aliphatic carbocycles. The van der Waals surface area contributed by atoms with Gasteiger partial charge >= 0.3 is 0 Å². The van der Waals surface area contributed by atoms with E-state index in [4.69, 9.17) is 4.74 Å². The summed E-state index contributed by atoms with van der Waals surface area (Å²) in [7, 11) is 0. The van der Waals surface area contributed by atoms with Crippen LogP contribution < -0.4 is 4.74 Å². The van der Waals surface area contributed by atoms with Gasteiger partial charge in [0, 0.05) is 5.56 Å². The first-order valence-electron chi connectivity index (χ1n) is 15.2. The summed E-state index contributed by atoms with van der Waals surface area (Å²) in [4.78, 5) is 9.07. The lowest BCUT2D eigenvalue weighted by Gasteiger charge is -2.07. The summed E-state index contributed by atoms with van der Waals surface area (Å²) < 4.78 is 5.86. The highest BCUT2D eigenvalue weighted by atomic mass is 16.5.